The molecule has 106 valence electrons. The summed E-state index contributed by atoms with van der Waals surface area (Å²) in [6.45, 7) is 8.74. The molecule has 0 aromatic rings. The molecule has 1 amide bonds. The van der Waals surface area contributed by atoms with Crippen molar-refractivity contribution in [1.82, 2.24) is 10.2 Å². The van der Waals surface area contributed by atoms with Crippen molar-refractivity contribution in [2.24, 2.45) is 5.92 Å². The minimum atomic E-state index is -0.897. The number of amides is 1. The number of hydrogen-bond donors (Lipinski definition) is 2. The van der Waals surface area contributed by atoms with Crippen LogP contribution in [-0.2, 0) is 9.59 Å². The second-order valence-corrected chi connectivity index (χ2v) is 5.04. The summed E-state index contributed by atoms with van der Waals surface area (Å²) < 4.78 is 0. The Hall–Kier alpha value is -1.10. The van der Waals surface area contributed by atoms with Crippen molar-refractivity contribution < 1.29 is 14.7 Å². The summed E-state index contributed by atoms with van der Waals surface area (Å²) in [5.41, 5.74) is 0. The van der Waals surface area contributed by atoms with Crippen molar-refractivity contribution in [1.29, 1.82) is 0 Å². The van der Waals surface area contributed by atoms with Gasteiger partial charge in [0.25, 0.3) is 0 Å². The zero-order chi connectivity index (χ0) is 14.1. The summed E-state index contributed by atoms with van der Waals surface area (Å²) in [5, 5.41) is 11.7. The maximum Gasteiger partial charge on any atom is 0.317 e. The van der Waals surface area contributed by atoms with Crippen LogP contribution >= 0.6 is 0 Å². The molecule has 0 radical (unpaired) electrons. The van der Waals surface area contributed by atoms with Gasteiger partial charge in [0.2, 0.25) is 5.91 Å². The molecule has 0 aliphatic carbocycles. The van der Waals surface area contributed by atoms with E-state index in [0.717, 1.165) is 12.8 Å². The van der Waals surface area contributed by atoms with Gasteiger partial charge in [-0.3, -0.25) is 14.5 Å². The highest BCUT2D eigenvalue weighted by Crippen LogP contribution is 2.00. The molecule has 0 aliphatic heterocycles. The topological polar surface area (TPSA) is 69.6 Å². The minimum Gasteiger partial charge on any atom is -0.480 e. The first-order valence-electron chi connectivity index (χ1n) is 6.62. The van der Waals surface area contributed by atoms with Crippen LogP contribution in [0.15, 0.2) is 0 Å². The van der Waals surface area contributed by atoms with Gasteiger partial charge in [0.15, 0.2) is 0 Å². The van der Waals surface area contributed by atoms with Gasteiger partial charge in [-0.15, -0.1) is 0 Å². The van der Waals surface area contributed by atoms with Crippen LogP contribution in [0.3, 0.4) is 0 Å². The lowest BCUT2D eigenvalue weighted by atomic mass is 10.1. The second kappa shape index (κ2) is 8.91. The number of aliphatic carboxylic acids is 1. The molecule has 0 saturated heterocycles. The Bertz CT molecular complexity index is 263. The first kappa shape index (κ1) is 16.9. The van der Waals surface area contributed by atoms with Crippen molar-refractivity contribution in [3.05, 3.63) is 0 Å². The molecule has 0 unspecified atom stereocenters. The average molecular weight is 258 g/mol. The monoisotopic (exact) mass is 258 g/mol. The van der Waals surface area contributed by atoms with Crippen LogP contribution in [0.2, 0.25) is 0 Å². The first-order valence-corrected chi connectivity index (χ1v) is 6.62. The van der Waals surface area contributed by atoms with E-state index in [4.69, 9.17) is 5.11 Å². The highest BCUT2D eigenvalue weighted by molar-refractivity contribution is 5.79. The number of nitrogens with one attached hydrogen (secondary N) is 1. The summed E-state index contributed by atoms with van der Waals surface area (Å²) in [6, 6.07) is 0.184. The summed E-state index contributed by atoms with van der Waals surface area (Å²) in [6.07, 6.45) is 1.79. The molecule has 0 aromatic carbocycles. The molecular weight excluding hydrogens is 232 g/mol. The third-order valence-electron chi connectivity index (χ3n) is 2.70. The van der Waals surface area contributed by atoms with E-state index in [1.807, 2.05) is 27.7 Å². The van der Waals surface area contributed by atoms with Crippen LogP contribution in [0.5, 0.6) is 0 Å². The number of carbonyl (C=O) groups is 2. The average Bonchev–Trinajstić information content (AvgIpc) is 2.23. The summed E-state index contributed by atoms with van der Waals surface area (Å²) in [4.78, 5) is 24.2. The Labute approximate surface area is 110 Å². The van der Waals surface area contributed by atoms with Gasteiger partial charge in [-0.25, -0.2) is 0 Å². The molecule has 18 heavy (non-hydrogen) atoms. The summed E-state index contributed by atoms with van der Waals surface area (Å²) in [5.74, 6) is -0.651. The van der Waals surface area contributed by atoms with E-state index in [0.29, 0.717) is 12.5 Å². The van der Waals surface area contributed by atoms with E-state index in [-0.39, 0.29) is 25.0 Å². The zero-order valence-electron chi connectivity index (χ0n) is 11.9. The largest absolute Gasteiger partial charge is 0.480 e. The van der Waals surface area contributed by atoms with E-state index in [1.54, 1.807) is 4.90 Å². The van der Waals surface area contributed by atoms with E-state index >= 15 is 0 Å². The number of nitrogens with zero attached hydrogens (tertiary/aromatic N) is 1. The molecule has 5 heteroatoms. The van der Waals surface area contributed by atoms with Crippen molar-refractivity contribution in [3.8, 4) is 0 Å². The molecule has 0 saturated carbocycles. The first-order chi connectivity index (χ1) is 8.38. The molecule has 0 bridgehead atoms. The Kier molecular flexibility index (Phi) is 8.37. The fourth-order valence-corrected chi connectivity index (χ4v) is 1.86. The van der Waals surface area contributed by atoms with Crippen LogP contribution in [-0.4, -0.2) is 47.6 Å². The van der Waals surface area contributed by atoms with E-state index < -0.39 is 5.97 Å². The number of rotatable bonds is 9. The van der Waals surface area contributed by atoms with Crippen LogP contribution in [0.25, 0.3) is 0 Å². The predicted molar refractivity (Wildman–Crippen MR) is 71.4 cm³/mol. The predicted octanol–water partition coefficient (Wildman–Crippen LogP) is 1.33. The number of carboxylic acid groups (broad SMARTS) is 1. The fraction of sp³-hybridized carbons (Fsp3) is 0.846. The Balaban J connectivity index is 4.28. The van der Waals surface area contributed by atoms with Crippen molar-refractivity contribution in [3.63, 3.8) is 0 Å². The molecule has 0 heterocycles. The highest BCUT2D eigenvalue weighted by Gasteiger charge is 2.16. The highest BCUT2D eigenvalue weighted by atomic mass is 16.4. The van der Waals surface area contributed by atoms with Gasteiger partial charge in [-0.1, -0.05) is 27.7 Å². The molecule has 0 rings (SSSR count). The van der Waals surface area contributed by atoms with Crippen LogP contribution in [0, 0.1) is 5.92 Å². The molecule has 0 atom stereocenters. The van der Waals surface area contributed by atoms with Gasteiger partial charge in [0.05, 0.1) is 13.1 Å². The minimum absolute atomic E-state index is 0.0888. The van der Waals surface area contributed by atoms with Crippen molar-refractivity contribution in [2.45, 2.75) is 46.6 Å². The quantitative estimate of drug-likeness (QED) is 0.654. The molecular formula is C13H26N2O3. The maximum atomic E-state index is 11.8. The Morgan fingerprint density at radius 3 is 2.11 bits per heavy atom. The van der Waals surface area contributed by atoms with Gasteiger partial charge in [-0.2, -0.15) is 0 Å². The third-order valence-corrected chi connectivity index (χ3v) is 2.70. The van der Waals surface area contributed by atoms with Crippen LogP contribution in [0.1, 0.15) is 40.5 Å². The van der Waals surface area contributed by atoms with E-state index in [9.17, 15) is 9.59 Å². The molecule has 5 nitrogen and oxygen atoms in total. The Morgan fingerprint density at radius 2 is 1.72 bits per heavy atom. The van der Waals surface area contributed by atoms with E-state index in [2.05, 4.69) is 5.32 Å². The summed E-state index contributed by atoms with van der Waals surface area (Å²) in [7, 11) is 0. The van der Waals surface area contributed by atoms with E-state index in [1.165, 1.54) is 0 Å². The molecule has 0 aromatic heterocycles. The van der Waals surface area contributed by atoms with Gasteiger partial charge in [0, 0.05) is 12.6 Å². The number of carboxylic acids is 1. The SMILES string of the molecule is CCC(CC)NC(=O)CN(CC(=O)O)CC(C)C. The molecule has 0 spiro atoms. The smallest absolute Gasteiger partial charge is 0.317 e. The Morgan fingerprint density at radius 1 is 1.17 bits per heavy atom. The fourth-order valence-electron chi connectivity index (χ4n) is 1.86. The van der Waals surface area contributed by atoms with Gasteiger partial charge in [-0.05, 0) is 18.8 Å². The molecule has 0 aliphatic rings. The van der Waals surface area contributed by atoms with Crippen LogP contribution in [0.4, 0.5) is 0 Å². The number of carbonyl (C=O) groups excluding carboxylic acids is 1. The van der Waals surface area contributed by atoms with Crippen molar-refractivity contribution in [2.75, 3.05) is 19.6 Å². The van der Waals surface area contributed by atoms with Gasteiger partial charge >= 0.3 is 5.97 Å². The standard InChI is InChI=1S/C13H26N2O3/c1-5-11(6-2)14-12(16)8-15(7-10(3)4)9-13(17)18/h10-11H,5-9H2,1-4H3,(H,14,16)(H,17,18). The number of hydrogen-bond acceptors (Lipinski definition) is 3. The van der Waals surface area contributed by atoms with Crippen molar-refractivity contribution >= 4 is 11.9 Å². The zero-order valence-corrected chi connectivity index (χ0v) is 11.9. The summed E-state index contributed by atoms with van der Waals surface area (Å²) >= 11 is 0. The second-order valence-electron chi connectivity index (χ2n) is 5.04. The lowest BCUT2D eigenvalue weighted by molar-refractivity contribution is -0.138. The lowest BCUT2D eigenvalue weighted by Gasteiger charge is -2.23. The molecule has 0 fully saturated rings. The molecule has 2 N–H and O–H groups in total. The van der Waals surface area contributed by atoms with Gasteiger partial charge < -0.3 is 10.4 Å². The third kappa shape index (κ3) is 8.06. The normalized spacial score (nSPS) is 11.3. The lowest BCUT2D eigenvalue weighted by Crippen LogP contribution is -2.44. The van der Waals surface area contributed by atoms with Gasteiger partial charge in [0.1, 0.15) is 0 Å². The van der Waals surface area contributed by atoms with Crippen LogP contribution < -0.4 is 5.32 Å². The maximum absolute atomic E-state index is 11.8.